The van der Waals surface area contributed by atoms with Gasteiger partial charge in [-0.15, -0.1) is 0 Å². The van der Waals surface area contributed by atoms with E-state index in [2.05, 4.69) is 41.5 Å². The smallest absolute Gasteiger partial charge is 0.339 e. The first-order valence-corrected chi connectivity index (χ1v) is 10.5. The fourth-order valence-corrected chi connectivity index (χ4v) is 3.44. The van der Waals surface area contributed by atoms with Crippen molar-refractivity contribution in [2.24, 2.45) is 10.8 Å². The maximum absolute atomic E-state index is 12.5. The lowest BCUT2D eigenvalue weighted by atomic mass is 9.85. The summed E-state index contributed by atoms with van der Waals surface area (Å²) < 4.78 is 10.9. The molecule has 0 aromatic heterocycles. The van der Waals surface area contributed by atoms with Crippen molar-refractivity contribution in [3.8, 4) is 0 Å². The maximum atomic E-state index is 12.5. The zero-order valence-electron chi connectivity index (χ0n) is 18.6. The van der Waals surface area contributed by atoms with Crippen LogP contribution in [0.2, 0.25) is 0 Å². The number of ether oxygens (including phenoxy) is 2. The molecule has 1 aromatic rings. The van der Waals surface area contributed by atoms with E-state index < -0.39 is 11.9 Å². The van der Waals surface area contributed by atoms with Gasteiger partial charge in [-0.3, -0.25) is 0 Å². The molecular weight excluding hydrogens is 352 g/mol. The summed E-state index contributed by atoms with van der Waals surface area (Å²) in [4.78, 5) is 25.0. The predicted octanol–water partition coefficient (Wildman–Crippen LogP) is 6.43. The van der Waals surface area contributed by atoms with Gasteiger partial charge in [0.15, 0.2) is 0 Å². The lowest BCUT2D eigenvalue weighted by Gasteiger charge is -2.24. The number of rotatable bonds is 12. The summed E-state index contributed by atoms with van der Waals surface area (Å²) in [5.41, 5.74) is 0.819. The summed E-state index contributed by atoms with van der Waals surface area (Å²) in [6.07, 6.45) is 5.97. The summed E-state index contributed by atoms with van der Waals surface area (Å²) >= 11 is 0. The van der Waals surface area contributed by atoms with E-state index in [1.54, 1.807) is 24.3 Å². The Bertz CT molecular complexity index is 576. The summed E-state index contributed by atoms with van der Waals surface area (Å²) in [6.45, 7) is 13.7. The van der Waals surface area contributed by atoms with Crippen LogP contribution in [-0.4, -0.2) is 25.2 Å². The van der Waals surface area contributed by atoms with Crippen LogP contribution in [0.15, 0.2) is 24.3 Å². The molecule has 0 atom stereocenters. The second kappa shape index (κ2) is 11.2. The molecule has 0 heterocycles. The topological polar surface area (TPSA) is 52.6 Å². The van der Waals surface area contributed by atoms with Crippen LogP contribution in [0.4, 0.5) is 0 Å². The predicted molar refractivity (Wildman–Crippen MR) is 114 cm³/mol. The zero-order valence-corrected chi connectivity index (χ0v) is 18.6. The Labute approximate surface area is 171 Å². The van der Waals surface area contributed by atoms with E-state index in [0.717, 1.165) is 38.5 Å². The summed E-state index contributed by atoms with van der Waals surface area (Å²) in [5, 5.41) is 0. The van der Waals surface area contributed by atoms with Crippen molar-refractivity contribution in [1.29, 1.82) is 0 Å². The lowest BCUT2D eigenvalue weighted by Crippen LogP contribution is -2.19. The van der Waals surface area contributed by atoms with E-state index in [1.165, 1.54) is 0 Å². The highest BCUT2D eigenvalue weighted by Crippen LogP contribution is 2.27. The van der Waals surface area contributed by atoms with Crippen molar-refractivity contribution in [3.63, 3.8) is 0 Å². The lowest BCUT2D eigenvalue weighted by molar-refractivity contribution is 0.0405. The number of hydrogen-bond donors (Lipinski definition) is 0. The van der Waals surface area contributed by atoms with Crippen molar-refractivity contribution in [2.45, 2.75) is 80.1 Å². The Morgan fingerprint density at radius 2 is 1.07 bits per heavy atom. The molecule has 4 nitrogen and oxygen atoms in total. The number of carbonyl (C=O) groups is 2. The second-order valence-corrected chi connectivity index (χ2v) is 9.15. The third-order valence-corrected chi connectivity index (χ3v) is 5.24. The molecule has 0 bridgehead atoms. The van der Waals surface area contributed by atoms with Crippen LogP contribution in [0.1, 0.15) is 101 Å². The molecule has 0 unspecified atom stereocenters. The molecule has 1 aromatic carbocycles. The Hall–Kier alpha value is -1.84. The standard InChI is InChI=1S/C24H38O4/c1-7-13-23(3,4)15-17-27-21(25)19-11-9-10-12-20(19)22(26)28-18-16-24(5,6)14-8-2/h9-12H,7-8,13-18H2,1-6H3. The highest BCUT2D eigenvalue weighted by molar-refractivity contribution is 6.03. The molecule has 4 heteroatoms. The fourth-order valence-electron chi connectivity index (χ4n) is 3.44. The van der Waals surface area contributed by atoms with E-state index in [9.17, 15) is 9.59 Å². The first kappa shape index (κ1) is 24.2. The van der Waals surface area contributed by atoms with Crippen LogP contribution < -0.4 is 0 Å². The summed E-state index contributed by atoms with van der Waals surface area (Å²) in [5.74, 6) is -0.933. The molecule has 0 fully saturated rings. The van der Waals surface area contributed by atoms with Crippen LogP contribution >= 0.6 is 0 Å². The van der Waals surface area contributed by atoms with Gasteiger partial charge in [0.25, 0.3) is 0 Å². The number of hydrogen-bond acceptors (Lipinski definition) is 4. The largest absolute Gasteiger partial charge is 0.462 e. The average Bonchev–Trinajstić information content (AvgIpc) is 2.61. The molecule has 0 spiro atoms. The Morgan fingerprint density at radius 1 is 0.714 bits per heavy atom. The van der Waals surface area contributed by atoms with Crippen LogP contribution in [0.3, 0.4) is 0 Å². The van der Waals surface area contributed by atoms with Gasteiger partial charge < -0.3 is 9.47 Å². The zero-order chi connectivity index (χ0) is 21.2. The van der Waals surface area contributed by atoms with Crippen LogP contribution in [0.5, 0.6) is 0 Å². The van der Waals surface area contributed by atoms with Gasteiger partial charge >= 0.3 is 11.9 Å². The van der Waals surface area contributed by atoms with E-state index in [-0.39, 0.29) is 22.0 Å². The van der Waals surface area contributed by atoms with Gasteiger partial charge in [0.05, 0.1) is 24.3 Å². The summed E-state index contributed by atoms with van der Waals surface area (Å²) in [7, 11) is 0. The van der Waals surface area contributed by atoms with Gasteiger partial charge in [-0.25, -0.2) is 9.59 Å². The van der Waals surface area contributed by atoms with Crippen molar-refractivity contribution in [2.75, 3.05) is 13.2 Å². The molecule has 0 aliphatic carbocycles. The molecule has 0 N–H and O–H groups in total. The van der Waals surface area contributed by atoms with Crippen molar-refractivity contribution in [1.82, 2.24) is 0 Å². The minimum Gasteiger partial charge on any atom is -0.462 e. The molecule has 0 saturated carbocycles. The molecule has 0 saturated heterocycles. The molecule has 1 rings (SSSR count). The Balaban J connectivity index is 2.65. The fraction of sp³-hybridized carbons (Fsp3) is 0.667. The first-order chi connectivity index (χ1) is 13.1. The summed E-state index contributed by atoms with van der Waals surface area (Å²) in [6, 6.07) is 6.71. The quantitative estimate of drug-likeness (QED) is 0.386. The minimum absolute atomic E-state index is 0.138. The molecule has 0 aliphatic rings. The SMILES string of the molecule is CCCC(C)(C)CCOC(=O)c1ccccc1C(=O)OCCC(C)(C)CCC. The van der Waals surface area contributed by atoms with E-state index >= 15 is 0 Å². The molecule has 0 aliphatic heterocycles. The third kappa shape index (κ3) is 8.45. The van der Waals surface area contributed by atoms with Crippen LogP contribution in [0, 0.1) is 10.8 Å². The number of esters is 2. The van der Waals surface area contributed by atoms with Crippen molar-refractivity contribution < 1.29 is 19.1 Å². The maximum Gasteiger partial charge on any atom is 0.339 e. The molecule has 158 valence electrons. The normalized spacial score (nSPS) is 11.9. The van der Waals surface area contributed by atoms with Gasteiger partial charge in [-0.05, 0) is 48.6 Å². The van der Waals surface area contributed by atoms with Gasteiger partial charge in [-0.1, -0.05) is 66.5 Å². The number of benzene rings is 1. The van der Waals surface area contributed by atoms with Crippen molar-refractivity contribution in [3.05, 3.63) is 35.4 Å². The number of carbonyl (C=O) groups excluding carboxylic acids is 2. The second-order valence-electron chi connectivity index (χ2n) is 9.15. The van der Waals surface area contributed by atoms with Crippen LogP contribution in [0.25, 0.3) is 0 Å². The highest BCUT2D eigenvalue weighted by Gasteiger charge is 2.22. The van der Waals surface area contributed by atoms with Gasteiger partial charge in [0, 0.05) is 0 Å². The Kier molecular flexibility index (Phi) is 9.71. The third-order valence-electron chi connectivity index (χ3n) is 5.24. The Morgan fingerprint density at radius 3 is 1.39 bits per heavy atom. The van der Waals surface area contributed by atoms with Gasteiger partial charge in [-0.2, -0.15) is 0 Å². The molecule has 0 radical (unpaired) electrons. The van der Waals surface area contributed by atoms with Gasteiger partial charge in [0.1, 0.15) is 0 Å². The van der Waals surface area contributed by atoms with Crippen molar-refractivity contribution >= 4 is 11.9 Å². The first-order valence-electron chi connectivity index (χ1n) is 10.5. The monoisotopic (exact) mass is 390 g/mol. The van der Waals surface area contributed by atoms with Gasteiger partial charge in [0.2, 0.25) is 0 Å². The van der Waals surface area contributed by atoms with E-state index in [0.29, 0.717) is 13.2 Å². The van der Waals surface area contributed by atoms with E-state index in [4.69, 9.17) is 9.47 Å². The van der Waals surface area contributed by atoms with Crippen LogP contribution in [-0.2, 0) is 9.47 Å². The average molecular weight is 391 g/mol. The molecular formula is C24H38O4. The highest BCUT2D eigenvalue weighted by atomic mass is 16.5. The minimum atomic E-state index is -0.467. The van der Waals surface area contributed by atoms with E-state index in [1.807, 2.05) is 0 Å². The molecule has 0 amide bonds. The molecule has 28 heavy (non-hydrogen) atoms.